The lowest BCUT2D eigenvalue weighted by Gasteiger charge is -2.21. The molecule has 1 aliphatic rings. The molecule has 1 aliphatic carbocycles. The summed E-state index contributed by atoms with van der Waals surface area (Å²) < 4.78 is 16.6. The molecule has 13 rings (SSSR count). The zero-order valence-corrected chi connectivity index (χ0v) is 47.9. The molecule has 2 heterocycles. The predicted molar refractivity (Wildman–Crippen MR) is 331 cm³/mol. The van der Waals surface area contributed by atoms with Crippen LogP contribution >= 0.6 is 46.4 Å². The van der Waals surface area contributed by atoms with E-state index in [2.05, 4.69) is 21.3 Å². The van der Waals surface area contributed by atoms with E-state index in [4.69, 9.17) is 81.2 Å². The van der Waals surface area contributed by atoms with Crippen LogP contribution in [0.25, 0.3) is 76.3 Å². The lowest BCUT2D eigenvalue weighted by Crippen LogP contribution is -2.27. The second-order valence-corrected chi connectivity index (χ2v) is 21.7. The number of azo groups is 2. The summed E-state index contributed by atoms with van der Waals surface area (Å²) in [5, 5.41) is 30.3. The number of ketones is 1. The number of aryl methyl sites for hydroxylation is 2. The Bertz CT molecular complexity index is 4800. The van der Waals surface area contributed by atoms with Crippen LogP contribution in [-0.2, 0) is 25.5 Å². The second kappa shape index (κ2) is 20.6. The van der Waals surface area contributed by atoms with Crippen molar-refractivity contribution in [1.29, 1.82) is 0 Å². The zero-order valence-electron chi connectivity index (χ0n) is 44.8. The predicted octanol–water partition coefficient (Wildman–Crippen LogP) is 18.8. The summed E-state index contributed by atoms with van der Waals surface area (Å²) >= 11 is 26.3. The molecular formula is C65H46Cl4N8O5. The Morgan fingerprint density at radius 2 is 1.02 bits per heavy atom. The van der Waals surface area contributed by atoms with Crippen LogP contribution in [0.2, 0.25) is 20.1 Å². The molecule has 0 unspecified atom stereocenters. The zero-order chi connectivity index (χ0) is 56.8. The lowest BCUT2D eigenvalue weighted by atomic mass is 9.99. The van der Waals surface area contributed by atoms with Crippen molar-refractivity contribution in [3.05, 3.63) is 200 Å². The van der Waals surface area contributed by atoms with Crippen molar-refractivity contribution in [3.63, 3.8) is 0 Å². The Kier molecular flexibility index (Phi) is 13.2. The van der Waals surface area contributed by atoms with Gasteiger partial charge in [0.15, 0.2) is 17.3 Å². The molecule has 13 nitrogen and oxygen atoms in total. The first-order chi connectivity index (χ1) is 39.7. The summed E-state index contributed by atoms with van der Waals surface area (Å²) in [6.45, 7) is 0.112. The highest BCUT2D eigenvalue weighted by molar-refractivity contribution is 6.35. The number of halogens is 4. The highest BCUT2D eigenvalue weighted by Crippen LogP contribution is 2.49. The van der Waals surface area contributed by atoms with Gasteiger partial charge in [-0.25, -0.2) is 0 Å². The number of nitrogens with zero attached hydrogens (tertiary/aromatic N) is 8. The molecule has 2 aromatic heterocycles. The molecule has 0 N–H and O–H groups in total. The van der Waals surface area contributed by atoms with Crippen molar-refractivity contribution < 1.29 is 23.9 Å². The van der Waals surface area contributed by atoms with Crippen LogP contribution in [-0.4, -0.2) is 49.1 Å². The van der Waals surface area contributed by atoms with E-state index in [0.717, 1.165) is 76.5 Å². The number of methoxy groups -OCH3 is 2. The molecule has 0 saturated carbocycles. The molecule has 0 bridgehead atoms. The van der Waals surface area contributed by atoms with Gasteiger partial charge in [-0.15, -0.1) is 10.2 Å². The van der Waals surface area contributed by atoms with Gasteiger partial charge in [0.2, 0.25) is 0 Å². The van der Waals surface area contributed by atoms with E-state index in [1.54, 1.807) is 68.7 Å². The smallest absolute Gasteiger partial charge is 0.261 e. The first-order valence-corrected chi connectivity index (χ1v) is 27.5. The molecule has 0 aliphatic heterocycles. The minimum Gasteiger partial charge on any atom is -0.494 e. The summed E-state index contributed by atoms with van der Waals surface area (Å²) in [5.41, 5.74) is 9.89. The van der Waals surface area contributed by atoms with Crippen molar-refractivity contribution in [2.24, 2.45) is 34.6 Å². The van der Waals surface area contributed by atoms with Gasteiger partial charge < -0.3 is 23.5 Å². The van der Waals surface area contributed by atoms with E-state index in [9.17, 15) is 9.59 Å². The van der Waals surface area contributed by atoms with Crippen LogP contribution in [0.5, 0.6) is 11.5 Å². The SMILES string of the molecule is COc1c(CON(C)c2ccccc2Cl)cc2ccc3c4cc(Cl)ccc4n(C)c3c2c1N=Nc1ccc2c(c1)C(=O)c1cc(N=Nc3c(OC)c(C(=O)N(C)c4ccccc4Cl)cc4ccc5c6cc(Cl)ccc6n(C)c5c34)ccc1-2. The number of para-hydroxylation sites is 2. The summed E-state index contributed by atoms with van der Waals surface area (Å²) in [7, 11) is 10.6. The first-order valence-electron chi connectivity index (χ1n) is 25.9. The Morgan fingerprint density at radius 3 is 1.55 bits per heavy atom. The maximum absolute atomic E-state index is 14.6. The van der Waals surface area contributed by atoms with Gasteiger partial charge in [0.25, 0.3) is 5.91 Å². The Labute approximate surface area is 489 Å². The number of amides is 1. The summed E-state index contributed by atoms with van der Waals surface area (Å²) in [4.78, 5) is 37.0. The van der Waals surface area contributed by atoms with Gasteiger partial charge >= 0.3 is 0 Å². The van der Waals surface area contributed by atoms with Gasteiger partial charge in [0, 0.05) is 98.3 Å². The number of aromatic nitrogens is 2. The molecule has 0 radical (unpaired) electrons. The monoisotopic (exact) mass is 1160 g/mol. The van der Waals surface area contributed by atoms with E-state index in [1.807, 2.05) is 117 Å². The fourth-order valence-electron chi connectivity index (χ4n) is 11.6. The number of rotatable bonds is 12. The van der Waals surface area contributed by atoms with E-state index in [0.29, 0.717) is 76.5 Å². The van der Waals surface area contributed by atoms with Crippen molar-refractivity contribution in [2.75, 3.05) is 38.3 Å². The second-order valence-electron chi connectivity index (χ2n) is 20.0. The molecule has 17 heteroatoms. The van der Waals surface area contributed by atoms with Crippen molar-refractivity contribution in [2.45, 2.75) is 6.61 Å². The highest BCUT2D eigenvalue weighted by Gasteiger charge is 2.30. The third-order valence-electron chi connectivity index (χ3n) is 15.5. The van der Waals surface area contributed by atoms with Gasteiger partial charge in [-0.2, -0.15) is 10.2 Å². The number of hydrogen-bond donors (Lipinski definition) is 0. The molecule has 0 saturated heterocycles. The number of anilines is 2. The van der Waals surface area contributed by atoms with Crippen LogP contribution in [0, 0.1) is 0 Å². The Balaban J connectivity index is 0.884. The number of carbonyl (C=O) groups is 2. The highest BCUT2D eigenvalue weighted by atomic mass is 35.5. The van der Waals surface area contributed by atoms with Crippen LogP contribution in [0.15, 0.2) is 178 Å². The largest absolute Gasteiger partial charge is 0.494 e. The van der Waals surface area contributed by atoms with Gasteiger partial charge in [0.1, 0.15) is 18.0 Å². The van der Waals surface area contributed by atoms with Crippen molar-refractivity contribution in [1.82, 2.24) is 9.13 Å². The fourth-order valence-corrected chi connectivity index (χ4v) is 12.4. The Morgan fingerprint density at radius 1 is 0.524 bits per heavy atom. The van der Waals surface area contributed by atoms with E-state index in [-0.39, 0.29) is 29.6 Å². The van der Waals surface area contributed by atoms with Gasteiger partial charge in [-0.3, -0.25) is 19.5 Å². The average Bonchev–Trinajstić information content (AvgIpc) is 4.22. The average molecular weight is 1160 g/mol. The van der Waals surface area contributed by atoms with Crippen LogP contribution in [0.1, 0.15) is 31.8 Å². The van der Waals surface area contributed by atoms with E-state index in [1.165, 1.54) is 12.0 Å². The summed E-state index contributed by atoms with van der Waals surface area (Å²) in [5.74, 6) is 0.0872. The Hall–Kier alpha value is -8.82. The van der Waals surface area contributed by atoms with Gasteiger partial charge in [0.05, 0.1) is 63.6 Å². The number of hydroxylamine groups is 1. The molecule has 0 spiro atoms. The topological polar surface area (TPSA) is 128 Å². The lowest BCUT2D eigenvalue weighted by molar-refractivity contribution is 0.0989. The summed E-state index contributed by atoms with van der Waals surface area (Å²) in [6.07, 6.45) is 0. The van der Waals surface area contributed by atoms with Crippen LogP contribution < -0.4 is 19.4 Å². The number of fused-ring (bicyclic) bond motifs is 13. The molecule has 1 amide bonds. The quantitative estimate of drug-likeness (QED) is 0.0885. The fraction of sp³-hybridized carbons (Fsp3) is 0.108. The molecule has 404 valence electrons. The van der Waals surface area contributed by atoms with Gasteiger partial charge in [-0.1, -0.05) is 107 Å². The number of carbonyl (C=O) groups excluding carboxylic acids is 2. The number of hydrogen-bond acceptors (Lipinski definition) is 10. The third kappa shape index (κ3) is 8.58. The summed E-state index contributed by atoms with van der Waals surface area (Å²) in [6, 6.07) is 49.0. The first kappa shape index (κ1) is 52.5. The molecule has 0 atom stereocenters. The molecule has 82 heavy (non-hydrogen) atoms. The molecule has 0 fully saturated rings. The normalized spacial score (nSPS) is 12.3. The third-order valence-corrected chi connectivity index (χ3v) is 16.6. The minimum atomic E-state index is -0.371. The number of benzene rings is 10. The number of ether oxygens (including phenoxy) is 2. The standard InChI is InChI=1S/C65H46Cl4N8O5/c1-74-52-25-17-37(66)29-45(52)43-21-15-34-27-36(33-82-77(4)55-14-10-8-12-51(55)69)63(80-5)58(56(34)60(43)74)72-70-39-19-23-41-42-24-20-40(32-48(42)62(78)47(41)31-39)71-73-59-57-35(16-22-44-46-30-38(67)18-26-53(46)75(2)61(44)57)28-49(64(59)81-6)65(79)76(3)54-13-9-7-11-50(54)68/h7-32H,33H2,1-6H3. The molecule has 10 aromatic carbocycles. The van der Waals surface area contributed by atoms with Gasteiger partial charge in [-0.05, 0) is 119 Å². The molecule has 12 aromatic rings. The minimum absolute atomic E-state index is 0.112. The van der Waals surface area contributed by atoms with Crippen molar-refractivity contribution in [3.8, 4) is 22.6 Å². The molecular weight excluding hydrogens is 1110 g/mol. The maximum atomic E-state index is 14.6. The van der Waals surface area contributed by atoms with Crippen molar-refractivity contribution >= 4 is 157 Å². The van der Waals surface area contributed by atoms with Crippen LogP contribution in [0.4, 0.5) is 34.1 Å². The van der Waals surface area contributed by atoms with E-state index < -0.39 is 0 Å². The van der Waals surface area contributed by atoms with Crippen LogP contribution in [0.3, 0.4) is 0 Å². The van der Waals surface area contributed by atoms with E-state index >= 15 is 0 Å². The maximum Gasteiger partial charge on any atom is 0.261 e.